The van der Waals surface area contributed by atoms with Crippen LogP contribution in [0.1, 0.15) is 34.1 Å². The van der Waals surface area contributed by atoms with Gasteiger partial charge in [-0.2, -0.15) is 0 Å². The van der Waals surface area contributed by atoms with E-state index in [4.69, 9.17) is 0 Å². The summed E-state index contributed by atoms with van der Waals surface area (Å²) >= 11 is 0. The lowest BCUT2D eigenvalue weighted by molar-refractivity contribution is 0.273. The quantitative estimate of drug-likeness (QED) is 0.726. The lowest BCUT2D eigenvalue weighted by Crippen LogP contribution is -2.34. The average Bonchev–Trinajstić information content (AvgIpc) is 2.48. The molecule has 1 heterocycles. The van der Waals surface area contributed by atoms with Gasteiger partial charge in [-0.25, -0.2) is 0 Å². The molecule has 1 saturated heterocycles. The summed E-state index contributed by atoms with van der Waals surface area (Å²) in [5.41, 5.74) is 0. The Kier molecular flexibility index (Phi) is 4.90. The van der Waals surface area contributed by atoms with Gasteiger partial charge in [-0.05, 0) is 31.3 Å². The monoisotopic (exact) mass is 198 g/mol. The van der Waals surface area contributed by atoms with Crippen LogP contribution < -0.4 is 5.32 Å². The highest BCUT2D eigenvalue weighted by atomic mass is 15.1. The van der Waals surface area contributed by atoms with Crippen molar-refractivity contribution in [3.63, 3.8) is 0 Å². The van der Waals surface area contributed by atoms with Crippen LogP contribution in [0.5, 0.6) is 0 Å². The second-order valence-corrected chi connectivity index (χ2v) is 5.32. The first-order valence-electron chi connectivity index (χ1n) is 6.03. The Morgan fingerprint density at radius 3 is 2.57 bits per heavy atom. The highest BCUT2D eigenvalue weighted by molar-refractivity contribution is 4.74. The van der Waals surface area contributed by atoms with Crippen LogP contribution in [0.25, 0.3) is 0 Å². The summed E-state index contributed by atoms with van der Waals surface area (Å²) in [5, 5.41) is 3.50. The molecular formula is C12H26N2. The third-order valence-corrected chi connectivity index (χ3v) is 2.95. The van der Waals surface area contributed by atoms with Gasteiger partial charge in [0, 0.05) is 19.1 Å². The largest absolute Gasteiger partial charge is 0.314 e. The van der Waals surface area contributed by atoms with Crippen molar-refractivity contribution in [2.75, 3.05) is 26.2 Å². The minimum Gasteiger partial charge on any atom is -0.314 e. The number of nitrogens with one attached hydrogen (secondary N) is 1. The van der Waals surface area contributed by atoms with E-state index in [9.17, 15) is 0 Å². The summed E-state index contributed by atoms with van der Waals surface area (Å²) in [6.45, 7) is 14.2. The molecule has 0 amide bonds. The minimum atomic E-state index is 0.620. The smallest absolute Gasteiger partial charge is 0.00193 e. The molecule has 1 fully saturated rings. The molecule has 1 N–H and O–H groups in total. The summed E-state index contributed by atoms with van der Waals surface area (Å²) in [7, 11) is 0. The lowest BCUT2D eigenvalue weighted by atomic mass is 10.1. The molecular weight excluding hydrogens is 172 g/mol. The van der Waals surface area contributed by atoms with E-state index in [0.717, 1.165) is 18.4 Å². The zero-order valence-corrected chi connectivity index (χ0v) is 10.2. The van der Waals surface area contributed by atoms with Gasteiger partial charge in [-0.1, -0.05) is 27.7 Å². The highest BCUT2D eigenvalue weighted by Gasteiger charge is 2.19. The molecule has 1 aliphatic rings. The molecule has 84 valence electrons. The first-order chi connectivity index (χ1) is 6.58. The maximum absolute atomic E-state index is 3.50. The first kappa shape index (κ1) is 12.0. The molecule has 0 saturated carbocycles. The van der Waals surface area contributed by atoms with Crippen LogP contribution in [0.2, 0.25) is 0 Å². The Labute approximate surface area is 89.1 Å². The van der Waals surface area contributed by atoms with Gasteiger partial charge in [0.15, 0.2) is 0 Å². The van der Waals surface area contributed by atoms with Crippen molar-refractivity contribution in [1.29, 1.82) is 0 Å². The van der Waals surface area contributed by atoms with Crippen molar-refractivity contribution in [1.82, 2.24) is 10.2 Å². The SMILES string of the molecule is CC1CCN(CC(C)CNC(C)C)C1. The van der Waals surface area contributed by atoms with Crippen LogP contribution in [0.15, 0.2) is 0 Å². The Morgan fingerprint density at radius 2 is 2.07 bits per heavy atom. The molecule has 2 unspecified atom stereocenters. The molecule has 0 aliphatic carbocycles. The van der Waals surface area contributed by atoms with Gasteiger partial charge in [0.1, 0.15) is 0 Å². The highest BCUT2D eigenvalue weighted by Crippen LogP contribution is 2.15. The molecule has 2 atom stereocenters. The number of hydrogen-bond donors (Lipinski definition) is 1. The van der Waals surface area contributed by atoms with Gasteiger partial charge in [-0.15, -0.1) is 0 Å². The summed E-state index contributed by atoms with van der Waals surface area (Å²) in [5.74, 6) is 1.70. The van der Waals surface area contributed by atoms with E-state index in [1.807, 2.05) is 0 Å². The topological polar surface area (TPSA) is 15.3 Å². The fraction of sp³-hybridized carbons (Fsp3) is 1.00. The molecule has 1 aliphatic heterocycles. The Balaban J connectivity index is 2.10. The zero-order valence-electron chi connectivity index (χ0n) is 10.2. The van der Waals surface area contributed by atoms with Crippen molar-refractivity contribution in [3.8, 4) is 0 Å². The predicted molar refractivity (Wildman–Crippen MR) is 62.5 cm³/mol. The number of rotatable bonds is 5. The second kappa shape index (κ2) is 5.72. The van der Waals surface area contributed by atoms with Crippen LogP contribution >= 0.6 is 0 Å². The predicted octanol–water partition coefficient (Wildman–Crippen LogP) is 1.96. The normalized spacial score (nSPS) is 25.9. The van der Waals surface area contributed by atoms with Crippen molar-refractivity contribution >= 4 is 0 Å². The van der Waals surface area contributed by atoms with Crippen molar-refractivity contribution in [3.05, 3.63) is 0 Å². The fourth-order valence-electron chi connectivity index (χ4n) is 2.13. The van der Waals surface area contributed by atoms with E-state index in [0.29, 0.717) is 6.04 Å². The third-order valence-electron chi connectivity index (χ3n) is 2.95. The number of nitrogens with zero attached hydrogens (tertiary/aromatic N) is 1. The van der Waals surface area contributed by atoms with Gasteiger partial charge in [0.25, 0.3) is 0 Å². The average molecular weight is 198 g/mol. The summed E-state index contributed by atoms with van der Waals surface area (Å²) < 4.78 is 0. The Morgan fingerprint density at radius 1 is 1.36 bits per heavy atom. The summed E-state index contributed by atoms with van der Waals surface area (Å²) in [6, 6.07) is 0.620. The van der Waals surface area contributed by atoms with E-state index in [-0.39, 0.29) is 0 Å². The van der Waals surface area contributed by atoms with Gasteiger partial charge < -0.3 is 10.2 Å². The molecule has 0 radical (unpaired) electrons. The van der Waals surface area contributed by atoms with E-state index in [2.05, 4.69) is 37.9 Å². The molecule has 14 heavy (non-hydrogen) atoms. The molecule has 0 spiro atoms. The second-order valence-electron chi connectivity index (χ2n) is 5.32. The zero-order chi connectivity index (χ0) is 10.6. The van der Waals surface area contributed by atoms with Crippen molar-refractivity contribution < 1.29 is 0 Å². The molecule has 0 bridgehead atoms. The maximum atomic E-state index is 3.50. The van der Waals surface area contributed by atoms with Gasteiger partial charge in [0.05, 0.1) is 0 Å². The van der Waals surface area contributed by atoms with Crippen LogP contribution in [0, 0.1) is 11.8 Å². The van der Waals surface area contributed by atoms with E-state index >= 15 is 0 Å². The molecule has 0 aromatic carbocycles. The molecule has 0 aromatic heterocycles. The van der Waals surface area contributed by atoms with Crippen LogP contribution in [-0.4, -0.2) is 37.1 Å². The molecule has 2 nitrogen and oxygen atoms in total. The number of likely N-dealkylation sites (tertiary alicyclic amines) is 1. The van der Waals surface area contributed by atoms with Gasteiger partial charge in [-0.3, -0.25) is 0 Å². The van der Waals surface area contributed by atoms with Crippen molar-refractivity contribution in [2.24, 2.45) is 11.8 Å². The summed E-state index contributed by atoms with van der Waals surface area (Å²) in [4.78, 5) is 2.61. The minimum absolute atomic E-state index is 0.620. The lowest BCUT2D eigenvalue weighted by Gasteiger charge is -2.21. The Bertz CT molecular complexity index is 156. The third kappa shape index (κ3) is 4.43. The summed E-state index contributed by atoms with van der Waals surface area (Å²) in [6.07, 6.45) is 1.39. The maximum Gasteiger partial charge on any atom is 0.00193 e. The first-order valence-corrected chi connectivity index (χ1v) is 6.03. The molecule has 2 heteroatoms. The fourth-order valence-corrected chi connectivity index (χ4v) is 2.13. The van der Waals surface area contributed by atoms with E-state index < -0.39 is 0 Å². The van der Waals surface area contributed by atoms with E-state index in [1.165, 1.54) is 26.1 Å². The van der Waals surface area contributed by atoms with Crippen molar-refractivity contribution in [2.45, 2.75) is 40.2 Å². The standard InChI is InChI=1S/C12H26N2/c1-10(2)13-7-12(4)9-14-6-5-11(3)8-14/h10-13H,5-9H2,1-4H3. The van der Waals surface area contributed by atoms with Gasteiger partial charge >= 0.3 is 0 Å². The van der Waals surface area contributed by atoms with E-state index in [1.54, 1.807) is 0 Å². The Hall–Kier alpha value is -0.0800. The molecule has 1 rings (SSSR count). The molecule has 0 aromatic rings. The number of hydrogen-bond acceptors (Lipinski definition) is 2. The van der Waals surface area contributed by atoms with Crippen LogP contribution in [-0.2, 0) is 0 Å². The van der Waals surface area contributed by atoms with Crippen LogP contribution in [0.3, 0.4) is 0 Å². The van der Waals surface area contributed by atoms with Gasteiger partial charge in [0.2, 0.25) is 0 Å². The van der Waals surface area contributed by atoms with Crippen LogP contribution in [0.4, 0.5) is 0 Å².